The zero-order chi connectivity index (χ0) is 14.5. The van der Waals surface area contributed by atoms with Crippen molar-refractivity contribution in [2.45, 2.75) is 40.8 Å². The Kier molecular flexibility index (Phi) is 4.84. The van der Waals surface area contributed by atoms with Gasteiger partial charge in [0.25, 0.3) is 0 Å². The number of furan rings is 1. The van der Waals surface area contributed by atoms with Crippen molar-refractivity contribution in [3.05, 3.63) is 34.9 Å². The number of nitrogens with zero attached hydrogens (tertiary/aromatic N) is 1. The Morgan fingerprint density at radius 3 is 2.80 bits per heavy atom. The predicted octanol–water partition coefficient (Wildman–Crippen LogP) is 2.94. The summed E-state index contributed by atoms with van der Waals surface area (Å²) in [5.74, 6) is 3.01. The molecule has 2 heterocycles. The molecule has 110 valence electrons. The van der Waals surface area contributed by atoms with E-state index in [0.717, 1.165) is 30.3 Å². The van der Waals surface area contributed by atoms with Crippen LogP contribution in [-0.4, -0.2) is 16.7 Å². The summed E-state index contributed by atoms with van der Waals surface area (Å²) in [7, 11) is 0. The zero-order valence-corrected chi connectivity index (χ0v) is 12.6. The van der Waals surface area contributed by atoms with Gasteiger partial charge >= 0.3 is 0 Å². The molecule has 20 heavy (non-hydrogen) atoms. The van der Waals surface area contributed by atoms with Gasteiger partial charge in [-0.15, -0.1) is 5.10 Å². The number of hydrogen-bond acceptors (Lipinski definition) is 4. The molecule has 2 aromatic rings. The third-order valence-electron chi connectivity index (χ3n) is 2.98. The molecule has 0 amide bonds. The molecule has 0 radical (unpaired) electrons. The number of ether oxygens (including phenoxy) is 1. The Morgan fingerprint density at radius 1 is 1.35 bits per heavy atom. The molecule has 0 saturated heterocycles. The maximum atomic E-state index is 5.70. The fraction of sp³-hybridized carbons (Fsp3) is 0.533. The second-order valence-corrected chi connectivity index (χ2v) is 5.50. The van der Waals surface area contributed by atoms with Crippen molar-refractivity contribution < 1.29 is 9.15 Å². The van der Waals surface area contributed by atoms with Crippen molar-refractivity contribution in [1.82, 2.24) is 15.5 Å². The average molecular weight is 277 g/mol. The van der Waals surface area contributed by atoms with Crippen LogP contribution in [0, 0.1) is 19.8 Å². The van der Waals surface area contributed by atoms with Crippen LogP contribution in [0.2, 0.25) is 0 Å². The minimum atomic E-state index is 0.398. The van der Waals surface area contributed by atoms with Crippen LogP contribution >= 0.6 is 0 Å². The van der Waals surface area contributed by atoms with Crippen LogP contribution in [0.1, 0.15) is 36.6 Å². The summed E-state index contributed by atoms with van der Waals surface area (Å²) in [5, 5.41) is 10.3. The largest absolute Gasteiger partial charge is 0.468 e. The highest BCUT2D eigenvalue weighted by atomic mass is 16.5. The van der Waals surface area contributed by atoms with Gasteiger partial charge in [0, 0.05) is 23.9 Å². The quantitative estimate of drug-likeness (QED) is 0.816. The summed E-state index contributed by atoms with van der Waals surface area (Å²) >= 11 is 0. The van der Waals surface area contributed by atoms with Crippen molar-refractivity contribution in [3.63, 3.8) is 0 Å². The minimum absolute atomic E-state index is 0.398. The summed E-state index contributed by atoms with van der Waals surface area (Å²) in [5.41, 5.74) is 2.16. The number of hydrogen-bond donors (Lipinski definition) is 2. The van der Waals surface area contributed by atoms with Crippen LogP contribution in [-0.2, 0) is 13.2 Å². The topological polar surface area (TPSA) is 63.1 Å². The second kappa shape index (κ2) is 6.61. The van der Waals surface area contributed by atoms with E-state index >= 15 is 0 Å². The lowest BCUT2D eigenvalue weighted by molar-refractivity contribution is 0.258. The van der Waals surface area contributed by atoms with Gasteiger partial charge in [-0.25, -0.2) is 0 Å². The molecule has 0 bridgehead atoms. The van der Waals surface area contributed by atoms with Gasteiger partial charge in [-0.05, 0) is 32.4 Å². The zero-order valence-electron chi connectivity index (χ0n) is 12.6. The SMILES string of the molecule is Cc1cc(OCc2cc(CNCC(C)C)c(C)o2)n[nH]1. The molecule has 0 unspecified atom stereocenters. The highest BCUT2D eigenvalue weighted by Gasteiger charge is 2.09. The van der Waals surface area contributed by atoms with Gasteiger partial charge < -0.3 is 14.5 Å². The van der Waals surface area contributed by atoms with E-state index in [9.17, 15) is 0 Å². The molecular weight excluding hydrogens is 254 g/mol. The molecule has 2 aromatic heterocycles. The second-order valence-electron chi connectivity index (χ2n) is 5.50. The van der Waals surface area contributed by atoms with E-state index in [1.807, 2.05) is 26.0 Å². The van der Waals surface area contributed by atoms with Crippen LogP contribution < -0.4 is 10.1 Å². The molecule has 5 nitrogen and oxygen atoms in total. The molecule has 5 heteroatoms. The van der Waals surface area contributed by atoms with Crippen LogP contribution in [0.5, 0.6) is 5.88 Å². The van der Waals surface area contributed by atoms with E-state index in [0.29, 0.717) is 18.4 Å². The smallest absolute Gasteiger partial charge is 0.233 e. The van der Waals surface area contributed by atoms with Crippen molar-refractivity contribution in [1.29, 1.82) is 0 Å². The number of rotatable bonds is 7. The molecule has 0 spiro atoms. The monoisotopic (exact) mass is 277 g/mol. The van der Waals surface area contributed by atoms with E-state index in [1.165, 1.54) is 5.56 Å². The Bertz CT molecular complexity index is 543. The summed E-state index contributed by atoms with van der Waals surface area (Å²) in [6.45, 7) is 10.5. The first-order chi connectivity index (χ1) is 9.54. The highest BCUT2D eigenvalue weighted by molar-refractivity contribution is 5.21. The van der Waals surface area contributed by atoms with Crippen LogP contribution in [0.25, 0.3) is 0 Å². The fourth-order valence-corrected chi connectivity index (χ4v) is 1.94. The van der Waals surface area contributed by atoms with Crippen LogP contribution in [0.15, 0.2) is 16.5 Å². The third-order valence-corrected chi connectivity index (χ3v) is 2.98. The number of aryl methyl sites for hydroxylation is 2. The maximum Gasteiger partial charge on any atom is 0.233 e. The lowest BCUT2D eigenvalue weighted by atomic mass is 10.2. The molecular formula is C15H23N3O2. The van der Waals surface area contributed by atoms with Gasteiger partial charge in [0.2, 0.25) is 5.88 Å². The van der Waals surface area contributed by atoms with E-state index in [-0.39, 0.29) is 0 Å². The standard InChI is InChI=1S/C15H23N3O2/c1-10(2)7-16-8-13-6-14(20-12(13)4)9-19-15-5-11(3)17-18-15/h5-6,10,16H,7-9H2,1-4H3,(H,17,18). The van der Waals surface area contributed by atoms with E-state index < -0.39 is 0 Å². The van der Waals surface area contributed by atoms with Gasteiger partial charge in [0.1, 0.15) is 18.1 Å². The molecule has 0 aliphatic heterocycles. The number of aromatic amines is 1. The molecule has 0 atom stereocenters. The van der Waals surface area contributed by atoms with Crippen molar-refractivity contribution >= 4 is 0 Å². The first-order valence-corrected chi connectivity index (χ1v) is 6.98. The summed E-state index contributed by atoms with van der Waals surface area (Å²) in [6, 6.07) is 3.91. The van der Waals surface area contributed by atoms with Crippen LogP contribution in [0.4, 0.5) is 0 Å². The summed E-state index contributed by atoms with van der Waals surface area (Å²) in [4.78, 5) is 0. The average Bonchev–Trinajstić information content (AvgIpc) is 2.93. The van der Waals surface area contributed by atoms with E-state index in [2.05, 4.69) is 29.4 Å². The van der Waals surface area contributed by atoms with Gasteiger partial charge in [-0.3, -0.25) is 5.10 Å². The number of aromatic nitrogens is 2. The van der Waals surface area contributed by atoms with Crippen LogP contribution in [0.3, 0.4) is 0 Å². The van der Waals surface area contributed by atoms with E-state index in [4.69, 9.17) is 9.15 Å². The van der Waals surface area contributed by atoms with Gasteiger partial charge in [0.15, 0.2) is 0 Å². The fourth-order valence-electron chi connectivity index (χ4n) is 1.94. The summed E-state index contributed by atoms with van der Waals surface area (Å²) < 4.78 is 11.3. The normalized spacial score (nSPS) is 11.2. The van der Waals surface area contributed by atoms with Gasteiger partial charge in [-0.1, -0.05) is 13.8 Å². The minimum Gasteiger partial charge on any atom is -0.468 e. The lowest BCUT2D eigenvalue weighted by Crippen LogP contribution is -2.18. The van der Waals surface area contributed by atoms with Crippen molar-refractivity contribution in [2.75, 3.05) is 6.54 Å². The van der Waals surface area contributed by atoms with Gasteiger partial charge in [0.05, 0.1) is 0 Å². The molecule has 0 aromatic carbocycles. The van der Waals surface area contributed by atoms with Crippen molar-refractivity contribution in [3.8, 4) is 5.88 Å². The van der Waals surface area contributed by atoms with Crippen molar-refractivity contribution in [2.24, 2.45) is 5.92 Å². The molecule has 0 aliphatic carbocycles. The Morgan fingerprint density at radius 2 is 2.15 bits per heavy atom. The summed E-state index contributed by atoms with van der Waals surface area (Å²) in [6.07, 6.45) is 0. The van der Waals surface area contributed by atoms with Gasteiger partial charge in [-0.2, -0.15) is 0 Å². The van der Waals surface area contributed by atoms with E-state index in [1.54, 1.807) is 0 Å². The Hall–Kier alpha value is -1.75. The first-order valence-electron chi connectivity index (χ1n) is 6.98. The first kappa shape index (κ1) is 14.7. The molecule has 0 aliphatic rings. The molecule has 0 saturated carbocycles. The number of H-pyrrole nitrogens is 1. The predicted molar refractivity (Wildman–Crippen MR) is 77.6 cm³/mol. The maximum absolute atomic E-state index is 5.70. The highest BCUT2D eigenvalue weighted by Crippen LogP contribution is 2.17. The molecule has 0 fully saturated rings. The Balaban J connectivity index is 1.86. The lowest BCUT2D eigenvalue weighted by Gasteiger charge is -2.05. The Labute approximate surface area is 119 Å². The third kappa shape index (κ3) is 4.13. The molecule has 2 rings (SSSR count). The molecule has 2 N–H and O–H groups in total. The number of nitrogens with one attached hydrogen (secondary N) is 2.